The Hall–Kier alpha value is -2.27. The predicted molar refractivity (Wildman–Crippen MR) is 95.4 cm³/mol. The summed E-state index contributed by atoms with van der Waals surface area (Å²) in [7, 11) is 0. The molecule has 3 rings (SSSR count). The van der Waals surface area contributed by atoms with E-state index in [0.29, 0.717) is 12.8 Å². The Bertz CT molecular complexity index is 763. The molecule has 4 nitrogen and oxygen atoms in total. The molecule has 0 fully saturated rings. The van der Waals surface area contributed by atoms with Gasteiger partial charge in [-0.2, -0.15) is 0 Å². The number of fused-ring (bicyclic) bond motifs is 1. The maximum Gasteiger partial charge on any atom is 0.310 e. The van der Waals surface area contributed by atoms with Crippen molar-refractivity contribution in [2.24, 2.45) is 5.41 Å². The van der Waals surface area contributed by atoms with Gasteiger partial charge in [0.2, 0.25) is 5.91 Å². The van der Waals surface area contributed by atoms with Crippen molar-refractivity contribution in [1.29, 1.82) is 0 Å². The Morgan fingerprint density at radius 3 is 2.25 bits per heavy atom. The standard InChI is InChI=1S/C19H19NO3S/c1-24-16-9-5-4-8-15(16)20-17(21)12-19(18(22)23)10-13-6-2-3-7-14(13)11-19/h2-9H,10-12H2,1H3,(H,20,21)(H,22,23). The fraction of sp³-hybridized carbons (Fsp3) is 0.263. The number of nitrogens with one attached hydrogen (secondary N) is 1. The Labute approximate surface area is 145 Å². The second-order valence-corrected chi connectivity index (χ2v) is 6.98. The molecule has 2 aromatic carbocycles. The van der Waals surface area contributed by atoms with Gasteiger partial charge in [0.15, 0.2) is 0 Å². The van der Waals surface area contributed by atoms with Crippen molar-refractivity contribution < 1.29 is 14.7 Å². The maximum atomic E-state index is 12.5. The highest BCUT2D eigenvalue weighted by Crippen LogP contribution is 2.40. The van der Waals surface area contributed by atoms with Gasteiger partial charge in [0.1, 0.15) is 0 Å². The number of carboxylic acid groups (broad SMARTS) is 1. The molecule has 0 atom stereocenters. The molecular formula is C19H19NO3S. The number of rotatable bonds is 5. The quantitative estimate of drug-likeness (QED) is 0.816. The molecule has 2 aromatic rings. The second kappa shape index (κ2) is 6.69. The van der Waals surface area contributed by atoms with Gasteiger partial charge in [0, 0.05) is 11.3 Å². The monoisotopic (exact) mass is 341 g/mol. The molecule has 0 radical (unpaired) electrons. The van der Waals surface area contributed by atoms with Crippen molar-refractivity contribution in [2.45, 2.75) is 24.2 Å². The largest absolute Gasteiger partial charge is 0.481 e. The number of carbonyl (C=O) groups is 2. The molecule has 24 heavy (non-hydrogen) atoms. The number of benzene rings is 2. The summed E-state index contributed by atoms with van der Waals surface area (Å²) in [5, 5.41) is 12.6. The molecule has 1 aliphatic rings. The highest BCUT2D eigenvalue weighted by molar-refractivity contribution is 7.98. The van der Waals surface area contributed by atoms with E-state index in [1.165, 1.54) is 0 Å². The highest BCUT2D eigenvalue weighted by atomic mass is 32.2. The SMILES string of the molecule is CSc1ccccc1NC(=O)CC1(C(=O)O)Cc2ccccc2C1. The van der Waals surface area contributed by atoms with Crippen LogP contribution in [0.2, 0.25) is 0 Å². The van der Waals surface area contributed by atoms with Gasteiger partial charge in [-0.15, -0.1) is 11.8 Å². The zero-order valence-corrected chi connectivity index (χ0v) is 14.2. The Morgan fingerprint density at radius 2 is 1.67 bits per heavy atom. The molecule has 0 aliphatic heterocycles. The number of thioether (sulfide) groups is 1. The van der Waals surface area contributed by atoms with Crippen molar-refractivity contribution in [2.75, 3.05) is 11.6 Å². The molecule has 0 bridgehead atoms. The van der Waals surface area contributed by atoms with Crippen LogP contribution in [-0.4, -0.2) is 23.2 Å². The fourth-order valence-corrected chi connectivity index (χ4v) is 3.85. The van der Waals surface area contributed by atoms with Gasteiger partial charge >= 0.3 is 5.97 Å². The van der Waals surface area contributed by atoms with Gasteiger partial charge in [-0.3, -0.25) is 9.59 Å². The number of hydrogen-bond acceptors (Lipinski definition) is 3. The van der Waals surface area contributed by atoms with Gasteiger partial charge in [0.25, 0.3) is 0 Å². The molecule has 5 heteroatoms. The van der Waals surface area contributed by atoms with E-state index in [0.717, 1.165) is 21.7 Å². The molecule has 1 amide bonds. The molecule has 0 aromatic heterocycles. The highest BCUT2D eigenvalue weighted by Gasteiger charge is 2.45. The van der Waals surface area contributed by atoms with Crippen molar-refractivity contribution in [3.05, 3.63) is 59.7 Å². The summed E-state index contributed by atoms with van der Waals surface area (Å²) >= 11 is 1.54. The lowest BCUT2D eigenvalue weighted by Crippen LogP contribution is -2.36. The summed E-state index contributed by atoms with van der Waals surface area (Å²) in [5.74, 6) is -1.17. The Balaban J connectivity index is 1.78. The van der Waals surface area contributed by atoms with E-state index in [9.17, 15) is 14.7 Å². The van der Waals surface area contributed by atoms with Crippen LogP contribution in [0.15, 0.2) is 53.4 Å². The third kappa shape index (κ3) is 3.17. The van der Waals surface area contributed by atoms with Crippen LogP contribution in [0.3, 0.4) is 0 Å². The van der Waals surface area contributed by atoms with Gasteiger partial charge in [0.05, 0.1) is 11.1 Å². The first-order valence-corrected chi connectivity index (χ1v) is 8.99. The molecule has 0 unspecified atom stereocenters. The summed E-state index contributed by atoms with van der Waals surface area (Å²) in [6, 6.07) is 15.2. The van der Waals surface area contributed by atoms with E-state index in [-0.39, 0.29) is 12.3 Å². The first kappa shape index (κ1) is 16.6. The first-order chi connectivity index (χ1) is 11.5. The summed E-state index contributed by atoms with van der Waals surface area (Å²) in [4.78, 5) is 25.4. The summed E-state index contributed by atoms with van der Waals surface area (Å²) in [6.07, 6.45) is 2.71. The van der Waals surface area contributed by atoms with Crippen molar-refractivity contribution in [3.8, 4) is 0 Å². The average molecular weight is 341 g/mol. The van der Waals surface area contributed by atoms with Crippen LogP contribution in [0.25, 0.3) is 0 Å². The Morgan fingerprint density at radius 1 is 1.08 bits per heavy atom. The molecule has 0 spiro atoms. The topological polar surface area (TPSA) is 66.4 Å². The van der Waals surface area contributed by atoms with E-state index < -0.39 is 11.4 Å². The van der Waals surface area contributed by atoms with Crippen molar-refractivity contribution in [1.82, 2.24) is 0 Å². The number of amides is 1. The zero-order chi connectivity index (χ0) is 17.2. The summed E-state index contributed by atoms with van der Waals surface area (Å²) in [5.41, 5.74) is 1.72. The number of hydrogen-bond donors (Lipinski definition) is 2. The number of carboxylic acids is 1. The van der Waals surface area contributed by atoms with Crippen LogP contribution in [0.4, 0.5) is 5.69 Å². The third-order valence-corrected chi connectivity index (χ3v) is 5.31. The lowest BCUT2D eigenvalue weighted by Gasteiger charge is -2.23. The maximum absolute atomic E-state index is 12.5. The fourth-order valence-electron chi connectivity index (χ4n) is 3.30. The van der Waals surface area contributed by atoms with Crippen molar-refractivity contribution in [3.63, 3.8) is 0 Å². The first-order valence-electron chi connectivity index (χ1n) is 7.77. The van der Waals surface area contributed by atoms with E-state index in [1.807, 2.05) is 54.8 Å². The normalized spacial score (nSPS) is 14.9. The summed E-state index contributed by atoms with van der Waals surface area (Å²) in [6.45, 7) is 0. The smallest absolute Gasteiger partial charge is 0.310 e. The molecule has 0 saturated carbocycles. The number of para-hydroxylation sites is 1. The number of aliphatic carboxylic acids is 1. The minimum Gasteiger partial charge on any atom is -0.481 e. The average Bonchev–Trinajstić information content (AvgIpc) is 2.94. The molecular weight excluding hydrogens is 322 g/mol. The van der Waals surface area contributed by atoms with Gasteiger partial charge in [-0.05, 0) is 42.4 Å². The van der Waals surface area contributed by atoms with Crippen LogP contribution < -0.4 is 5.32 Å². The summed E-state index contributed by atoms with van der Waals surface area (Å²) < 4.78 is 0. The molecule has 124 valence electrons. The minimum absolute atomic E-state index is 0.0280. The zero-order valence-electron chi connectivity index (χ0n) is 13.4. The van der Waals surface area contributed by atoms with E-state index >= 15 is 0 Å². The van der Waals surface area contributed by atoms with E-state index in [2.05, 4.69) is 5.32 Å². The van der Waals surface area contributed by atoms with Gasteiger partial charge in [-0.1, -0.05) is 36.4 Å². The Kier molecular flexibility index (Phi) is 4.62. The van der Waals surface area contributed by atoms with Crippen LogP contribution >= 0.6 is 11.8 Å². The second-order valence-electron chi connectivity index (χ2n) is 6.13. The third-order valence-electron chi connectivity index (χ3n) is 4.51. The van der Waals surface area contributed by atoms with Gasteiger partial charge < -0.3 is 10.4 Å². The molecule has 1 aliphatic carbocycles. The molecule has 2 N–H and O–H groups in total. The van der Waals surface area contributed by atoms with Gasteiger partial charge in [-0.25, -0.2) is 0 Å². The van der Waals surface area contributed by atoms with E-state index in [1.54, 1.807) is 11.8 Å². The van der Waals surface area contributed by atoms with E-state index in [4.69, 9.17) is 0 Å². The predicted octanol–water partition coefficient (Wildman–Crippen LogP) is 3.61. The van der Waals surface area contributed by atoms with Crippen LogP contribution in [0.5, 0.6) is 0 Å². The number of carbonyl (C=O) groups excluding carboxylic acids is 1. The van der Waals surface area contributed by atoms with Crippen LogP contribution in [0.1, 0.15) is 17.5 Å². The lowest BCUT2D eigenvalue weighted by atomic mass is 9.81. The minimum atomic E-state index is -1.05. The molecule has 0 saturated heterocycles. The lowest BCUT2D eigenvalue weighted by molar-refractivity contribution is -0.150. The van der Waals surface area contributed by atoms with Crippen LogP contribution in [0, 0.1) is 5.41 Å². The molecule has 0 heterocycles. The van der Waals surface area contributed by atoms with Crippen LogP contribution in [-0.2, 0) is 22.4 Å². The number of anilines is 1. The van der Waals surface area contributed by atoms with Crippen molar-refractivity contribution >= 4 is 29.3 Å².